The summed E-state index contributed by atoms with van der Waals surface area (Å²) in [6.45, 7) is 2.42. The summed E-state index contributed by atoms with van der Waals surface area (Å²) in [4.78, 5) is 26.3. The van der Waals surface area contributed by atoms with Crippen LogP contribution in [0.5, 0.6) is 0 Å². The number of anilines is 1. The van der Waals surface area contributed by atoms with E-state index in [0.29, 0.717) is 22.2 Å². The third-order valence-electron chi connectivity index (χ3n) is 4.49. The van der Waals surface area contributed by atoms with E-state index < -0.39 is 5.92 Å². The van der Waals surface area contributed by atoms with Gasteiger partial charge in [0.2, 0.25) is 11.8 Å². The highest BCUT2D eigenvalue weighted by atomic mass is 35.5. The number of carbonyl (C=O) groups excluding carboxylic acids is 2. The van der Waals surface area contributed by atoms with E-state index in [-0.39, 0.29) is 18.2 Å². The Balaban J connectivity index is 1.60. The van der Waals surface area contributed by atoms with E-state index >= 15 is 0 Å². The molecule has 0 aliphatic carbocycles. The normalized spacial score (nSPS) is 16.9. The lowest BCUT2D eigenvalue weighted by Crippen LogP contribution is -2.30. The summed E-state index contributed by atoms with van der Waals surface area (Å²) < 4.78 is 0. The molecule has 1 fully saturated rings. The van der Waals surface area contributed by atoms with Crippen LogP contribution in [0.3, 0.4) is 0 Å². The second-order valence-corrected chi connectivity index (χ2v) is 7.17. The smallest absolute Gasteiger partial charge is 0.245 e. The Morgan fingerprint density at radius 3 is 2.67 bits per heavy atom. The molecule has 1 N–H and O–H groups in total. The van der Waals surface area contributed by atoms with Crippen LogP contribution in [0.1, 0.15) is 24.5 Å². The molecule has 5 nitrogen and oxygen atoms in total. The predicted molar refractivity (Wildman–Crippen MR) is 108 cm³/mol. The van der Waals surface area contributed by atoms with Gasteiger partial charge in [-0.05, 0) is 36.2 Å². The van der Waals surface area contributed by atoms with Crippen LogP contribution in [0.4, 0.5) is 5.69 Å². The molecule has 7 heteroatoms. The molecule has 27 heavy (non-hydrogen) atoms. The summed E-state index contributed by atoms with van der Waals surface area (Å²) in [5.41, 5.74) is 5.14. The van der Waals surface area contributed by atoms with Crippen LogP contribution in [0, 0.1) is 5.92 Å². The summed E-state index contributed by atoms with van der Waals surface area (Å²) in [6.07, 6.45) is 2.56. The van der Waals surface area contributed by atoms with Gasteiger partial charge in [-0.3, -0.25) is 9.59 Å². The van der Waals surface area contributed by atoms with Crippen molar-refractivity contribution in [3.63, 3.8) is 0 Å². The van der Waals surface area contributed by atoms with Crippen molar-refractivity contribution in [2.75, 3.05) is 11.4 Å². The van der Waals surface area contributed by atoms with Crippen molar-refractivity contribution in [3.05, 3.63) is 63.6 Å². The number of hydrazone groups is 1. The molecule has 0 unspecified atom stereocenters. The number of hydrogen-bond acceptors (Lipinski definition) is 3. The zero-order chi connectivity index (χ0) is 19.4. The summed E-state index contributed by atoms with van der Waals surface area (Å²) in [7, 11) is 0. The molecule has 0 radical (unpaired) electrons. The third-order valence-corrected chi connectivity index (χ3v) is 5.06. The molecule has 0 saturated carbocycles. The number of nitrogens with zero attached hydrogens (tertiary/aromatic N) is 2. The maximum atomic E-state index is 12.3. The Labute approximate surface area is 168 Å². The molecule has 1 heterocycles. The van der Waals surface area contributed by atoms with Crippen LogP contribution >= 0.6 is 23.2 Å². The Kier molecular flexibility index (Phi) is 6.14. The van der Waals surface area contributed by atoms with Gasteiger partial charge in [-0.1, -0.05) is 48.3 Å². The fourth-order valence-corrected chi connectivity index (χ4v) is 3.36. The number of aryl methyl sites for hydroxylation is 1. The summed E-state index contributed by atoms with van der Waals surface area (Å²) in [5.74, 6) is -0.803. The van der Waals surface area contributed by atoms with Crippen LogP contribution < -0.4 is 10.3 Å². The van der Waals surface area contributed by atoms with Gasteiger partial charge in [0.1, 0.15) is 0 Å². The van der Waals surface area contributed by atoms with Crippen LogP contribution in [0.2, 0.25) is 10.0 Å². The van der Waals surface area contributed by atoms with Gasteiger partial charge in [0.15, 0.2) is 0 Å². The van der Waals surface area contributed by atoms with E-state index in [1.165, 1.54) is 11.8 Å². The highest BCUT2D eigenvalue weighted by Gasteiger charge is 2.35. The lowest BCUT2D eigenvalue weighted by molar-refractivity contribution is -0.126. The SMILES string of the molecule is CCc1ccc(N2C[C@@H](C(=O)N/N=C/c3ccc(Cl)cc3Cl)CC2=O)cc1. The van der Waals surface area contributed by atoms with Crippen molar-refractivity contribution in [1.82, 2.24) is 5.43 Å². The van der Waals surface area contributed by atoms with Crippen molar-refractivity contribution in [2.45, 2.75) is 19.8 Å². The molecular weight excluding hydrogens is 385 g/mol. The van der Waals surface area contributed by atoms with E-state index in [9.17, 15) is 9.59 Å². The molecule has 1 saturated heterocycles. The van der Waals surface area contributed by atoms with Crippen LogP contribution in [0.25, 0.3) is 0 Å². The molecule has 140 valence electrons. The number of nitrogens with one attached hydrogen (secondary N) is 1. The highest BCUT2D eigenvalue weighted by molar-refractivity contribution is 6.36. The average molecular weight is 404 g/mol. The summed E-state index contributed by atoms with van der Waals surface area (Å²) in [5, 5.41) is 4.91. The largest absolute Gasteiger partial charge is 0.312 e. The van der Waals surface area contributed by atoms with Gasteiger partial charge < -0.3 is 4.90 Å². The van der Waals surface area contributed by atoms with Crippen molar-refractivity contribution in [2.24, 2.45) is 11.0 Å². The molecule has 0 bridgehead atoms. The van der Waals surface area contributed by atoms with Gasteiger partial charge in [-0.25, -0.2) is 5.43 Å². The van der Waals surface area contributed by atoms with Gasteiger partial charge in [-0.15, -0.1) is 0 Å². The van der Waals surface area contributed by atoms with E-state index in [4.69, 9.17) is 23.2 Å². The zero-order valence-electron chi connectivity index (χ0n) is 14.8. The van der Waals surface area contributed by atoms with E-state index in [0.717, 1.165) is 12.1 Å². The van der Waals surface area contributed by atoms with E-state index in [2.05, 4.69) is 17.5 Å². The first-order valence-corrected chi connectivity index (χ1v) is 9.40. The topological polar surface area (TPSA) is 61.8 Å². The van der Waals surface area contributed by atoms with Crippen molar-refractivity contribution >= 4 is 46.9 Å². The molecule has 1 aliphatic heterocycles. The zero-order valence-corrected chi connectivity index (χ0v) is 16.3. The minimum Gasteiger partial charge on any atom is -0.312 e. The van der Waals surface area contributed by atoms with E-state index in [1.807, 2.05) is 24.3 Å². The van der Waals surface area contributed by atoms with Gasteiger partial charge in [0.05, 0.1) is 17.2 Å². The Bertz CT molecular complexity index is 881. The maximum absolute atomic E-state index is 12.3. The fourth-order valence-electron chi connectivity index (χ4n) is 2.91. The molecule has 1 aliphatic rings. The van der Waals surface area contributed by atoms with Gasteiger partial charge >= 0.3 is 0 Å². The number of benzene rings is 2. The number of carbonyl (C=O) groups is 2. The van der Waals surface area contributed by atoms with Crippen LogP contribution in [-0.4, -0.2) is 24.6 Å². The first-order chi connectivity index (χ1) is 13.0. The second kappa shape index (κ2) is 8.55. The standard InChI is InChI=1S/C20H19Cl2N3O2/c1-2-13-3-7-17(8-4-13)25-12-15(9-19(25)26)20(27)24-23-11-14-5-6-16(21)10-18(14)22/h3-8,10-11,15H,2,9,12H2,1H3,(H,24,27)/b23-11+/t15-/m0/s1. The lowest BCUT2D eigenvalue weighted by Gasteiger charge is -2.16. The molecule has 1 atom stereocenters. The summed E-state index contributed by atoms with van der Waals surface area (Å²) in [6, 6.07) is 12.8. The molecular formula is C20H19Cl2N3O2. The first-order valence-electron chi connectivity index (χ1n) is 8.65. The molecule has 2 amide bonds. The second-order valence-electron chi connectivity index (χ2n) is 6.33. The number of amides is 2. The third kappa shape index (κ3) is 4.67. The molecule has 2 aromatic rings. The maximum Gasteiger partial charge on any atom is 0.245 e. The lowest BCUT2D eigenvalue weighted by atomic mass is 10.1. The first kappa shape index (κ1) is 19.4. The number of hydrogen-bond donors (Lipinski definition) is 1. The minimum absolute atomic E-state index is 0.0656. The van der Waals surface area contributed by atoms with Crippen LogP contribution in [0.15, 0.2) is 47.6 Å². The molecule has 3 rings (SSSR count). The van der Waals surface area contributed by atoms with Crippen molar-refractivity contribution < 1.29 is 9.59 Å². The van der Waals surface area contributed by atoms with Gasteiger partial charge in [0.25, 0.3) is 0 Å². The van der Waals surface area contributed by atoms with Gasteiger partial charge in [0, 0.05) is 29.2 Å². The molecule has 2 aromatic carbocycles. The molecule has 0 spiro atoms. The number of halogens is 2. The van der Waals surface area contributed by atoms with Gasteiger partial charge in [-0.2, -0.15) is 5.10 Å². The Morgan fingerprint density at radius 2 is 2.00 bits per heavy atom. The number of rotatable bonds is 5. The predicted octanol–water partition coefficient (Wildman–Crippen LogP) is 4.06. The quantitative estimate of drug-likeness (QED) is 0.604. The highest BCUT2D eigenvalue weighted by Crippen LogP contribution is 2.25. The monoisotopic (exact) mass is 403 g/mol. The fraction of sp³-hybridized carbons (Fsp3) is 0.250. The molecule has 0 aromatic heterocycles. The van der Waals surface area contributed by atoms with Crippen molar-refractivity contribution in [3.8, 4) is 0 Å². The average Bonchev–Trinajstić information content (AvgIpc) is 3.05. The van der Waals surface area contributed by atoms with E-state index in [1.54, 1.807) is 23.1 Å². The Morgan fingerprint density at radius 1 is 1.26 bits per heavy atom. The minimum atomic E-state index is -0.443. The summed E-state index contributed by atoms with van der Waals surface area (Å²) >= 11 is 11.9. The Hall–Kier alpha value is -2.37. The van der Waals surface area contributed by atoms with Crippen molar-refractivity contribution in [1.29, 1.82) is 0 Å². The van der Waals surface area contributed by atoms with Crippen LogP contribution in [-0.2, 0) is 16.0 Å².